The number of hydrogen-bond donors (Lipinski definition) is 2. The third-order valence-corrected chi connectivity index (χ3v) is 5.02. The maximum absolute atomic E-state index is 12.1. The molecule has 0 radical (unpaired) electrons. The van der Waals surface area contributed by atoms with Crippen molar-refractivity contribution in [3.05, 3.63) is 53.1 Å². The first-order valence-corrected chi connectivity index (χ1v) is 9.06. The van der Waals surface area contributed by atoms with E-state index in [0.717, 1.165) is 33.9 Å². The maximum Gasteiger partial charge on any atom is 0.322 e. The van der Waals surface area contributed by atoms with Crippen LogP contribution >= 0.6 is 0 Å². The van der Waals surface area contributed by atoms with Gasteiger partial charge >= 0.3 is 6.03 Å². The van der Waals surface area contributed by atoms with Gasteiger partial charge < -0.3 is 25.4 Å². The van der Waals surface area contributed by atoms with Gasteiger partial charge in [0.05, 0.1) is 14.2 Å². The normalized spacial score (nSPS) is 15.6. The minimum Gasteiger partial charge on any atom is -0.497 e. The van der Waals surface area contributed by atoms with Gasteiger partial charge in [0.15, 0.2) is 0 Å². The number of hydrogen-bond acceptors (Lipinski definition) is 4. The molecule has 1 unspecified atom stereocenters. The number of rotatable bonds is 6. The van der Waals surface area contributed by atoms with Gasteiger partial charge in [0.25, 0.3) is 0 Å². The number of nitrogens with one attached hydrogen (secondary N) is 1. The number of fused-ring (bicyclic) bond motifs is 1. The molecule has 0 aliphatic carbocycles. The molecule has 0 aromatic heterocycles. The van der Waals surface area contributed by atoms with Crippen molar-refractivity contribution in [2.24, 2.45) is 5.73 Å². The Morgan fingerprint density at radius 2 is 1.81 bits per heavy atom. The van der Waals surface area contributed by atoms with Crippen molar-refractivity contribution in [2.75, 3.05) is 26.1 Å². The van der Waals surface area contributed by atoms with Gasteiger partial charge in [-0.05, 0) is 55.2 Å². The van der Waals surface area contributed by atoms with Gasteiger partial charge in [-0.25, -0.2) is 4.79 Å². The fourth-order valence-electron chi connectivity index (χ4n) is 3.41. The van der Waals surface area contributed by atoms with Crippen LogP contribution < -0.4 is 20.5 Å². The lowest BCUT2D eigenvalue weighted by Crippen LogP contribution is -2.39. The number of anilines is 1. The van der Waals surface area contributed by atoms with Crippen LogP contribution in [-0.2, 0) is 18.5 Å². The number of carbonyl (C=O) groups is 1. The molecular formula is C21H27N3O3. The average Bonchev–Trinajstić information content (AvgIpc) is 2.66. The summed E-state index contributed by atoms with van der Waals surface area (Å²) in [5.74, 6) is 1.47. The summed E-state index contributed by atoms with van der Waals surface area (Å²) in [7, 11) is 3.26. The summed E-state index contributed by atoms with van der Waals surface area (Å²) in [5.41, 5.74) is 9.98. The van der Waals surface area contributed by atoms with E-state index >= 15 is 0 Å². The monoisotopic (exact) mass is 369 g/mol. The lowest BCUT2D eigenvalue weighted by molar-refractivity contribution is 0.209. The van der Waals surface area contributed by atoms with E-state index in [0.29, 0.717) is 19.5 Å². The molecule has 6 nitrogen and oxygen atoms in total. The molecule has 144 valence electrons. The van der Waals surface area contributed by atoms with Crippen LogP contribution in [0.2, 0.25) is 0 Å². The number of nitrogens with two attached hydrogens (primary N) is 1. The summed E-state index contributed by atoms with van der Waals surface area (Å²) in [6.45, 7) is 5.26. The van der Waals surface area contributed by atoms with Crippen molar-refractivity contribution in [3.63, 3.8) is 0 Å². The molecule has 3 N–H and O–H groups in total. The van der Waals surface area contributed by atoms with Gasteiger partial charge in [-0.1, -0.05) is 12.1 Å². The number of ether oxygens (including phenoxy) is 2. The molecule has 6 heteroatoms. The zero-order chi connectivity index (χ0) is 19.6. The third kappa shape index (κ3) is 4.01. The molecule has 1 atom stereocenters. The number of benzene rings is 2. The smallest absolute Gasteiger partial charge is 0.322 e. The van der Waals surface area contributed by atoms with E-state index in [2.05, 4.69) is 5.32 Å². The van der Waals surface area contributed by atoms with E-state index in [-0.39, 0.29) is 6.03 Å². The lowest BCUT2D eigenvalue weighted by atomic mass is 9.85. The van der Waals surface area contributed by atoms with Crippen LogP contribution in [0.25, 0.3) is 0 Å². The predicted molar refractivity (Wildman–Crippen MR) is 106 cm³/mol. The van der Waals surface area contributed by atoms with E-state index in [1.807, 2.05) is 50.2 Å². The van der Waals surface area contributed by atoms with Crippen LogP contribution in [0.5, 0.6) is 11.5 Å². The van der Waals surface area contributed by atoms with Crippen molar-refractivity contribution >= 4 is 11.7 Å². The molecule has 1 aliphatic heterocycles. The Hall–Kier alpha value is -2.73. The molecule has 27 heavy (non-hydrogen) atoms. The highest BCUT2D eigenvalue weighted by Crippen LogP contribution is 2.32. The van der Waals surface area contributed by atoms with Crippen LogP contribution in [0.4, 0.5) is 10.5 Å². The van der Waals surface area contributed by atoms with Crippen molar-refractivity contribution in [2.45, 2.75) is 32.4 Å². The Balaban J connectivity index is 1.88. The Morgan fingerprint density at radius 3 is 2.41 bits per heavy atom. The number of amides is 2. The minimum atomic E-state index is -0.612. The van der Waals surface area contributed by atoms with Crippen LogP contribution in [0, 0.1) is 0 Å². The fraction of sp³-hybridized carbons (Fsp3) is 0.381. The Bertz CT molecular complexity index is 826. The lowest BCUT2D eigenvalue weighted by Gasteiger charge is -2.31. The molecule has 2 amide bonds. The Morgan fingerprint density at radius 1 is 1.15 bits per heavy atom. The summed E-state index contributed by atoms with van der Waals surface area (Å²) < 4.78 is 10.7. The first-order chi connectivity index (χ1) is 12.9. The second-order valence-corrected chi connectivity index (χ2v) is 7.13. The first kappa shape index (κ1) is 19.0. The summed E-state index contributed by atoms with van der Waals surface area (Å²) in [5, 5.41) is 2.97. The van der Waals surface area contributed by atoms with Crippen LogP contribution in [0.15, 0.2) is 36.4 Å². The number of carbonyl (C=O) groups excluding carboxylic acids is 1. The van der Waals surface area contributed by atoms with Gasteiger partial charge in [0.1, 0.15) is 11.5 Å². The summed E-state index contributed by atoms with van der Waals surface area (Å²) in [6.07, 6.45) is 0.606. The first-order valence-electron chi connectivity index (χ1n) is 9.06. The molecule has 0 fully saturated rings. The molecule has 0 bridgehead atoms. The second kappa shape index (κ2) is 7.48. The number of nitrogens with zero attached hydrogens (tertiary/aromatic N) is 1. The van der Waals surface area contributed by atoms with Crippen molar-refractivity contribution < 1.29 is 14.3 Å². The minimum absolute atomic E-state index is 0.0709. The molecule has 0 saturated carbocycles. The zero-order valence-electron chi connectivity index (χ0n) is 16.3. The van der Waals surface area contributed by atoms with E-state index in [9.17, 15) is 4.79 Å². The SMILES string of the molecule is CCN1Cc2ccc(C(C)(N)Cc3cc(OC)cc(OC)c3)cc2NC1=O. The standard InChI is InChI=1S/C21H27N3O3/c1-5-24-13-15-6-7-16(10-19(15)23-20(24)25)21(2,22)12-14-8-17(26-3)11-18(9-14)27-4/h6-11H,5,12-13,22H2,1-4H3,(H,23,25). The third-order valence-electron chi connectivity index (χ3n) is 5.02. The molecule has 0 saturated heterocycles. The van der Waals surface area contributed by atoms with Gasteiger partial charge in [-0.2, -0.15) is 0 Å². The van der Waals surface area contributed by atoms with Gasteiger partial charge in [-0.15, -0.1) is 0 Å². The zero-order valence-corrected chi connectivity index (χ0v) is 16.3. The van der Waals surface area contributed by atoms with Gasteiger partial charge in [0.2, 0.25) is 0 Å². The fourth-order valence-corrected chi connectivity index (χ4v) is 3.41. The van der Waals surface area contributed by atoms with Crippen molar-refractivity contribution in [1.29, 1.82) is 0 Å². The summed E-state index contributed by atoms with van der Waals surface area (Å²) in [6, 6.07) is 11.8. The predicted octanol–water partition coefficient (Wildman–Crippen LogP) is 3.49. The highest BCUT2D eigenvalue weighted by Gasteiger charge is 2.26. The number of methoxy groups -OCH3 is 2. The van der Waals surface area contributed by atoms with E-state index < -0.39 is 5.54 Å². The van der Waals surface area contributed by atoms with Crippen molar-refractivity contribution in [3.8, 4) is 11.5 Å². The number of urea groups is 1. The van der Waals surface area contributed by atoms with E-state index in [1.165, 1.54) is 0 Å². The van der Waals surface area contributed by atoms with Crippen LogP contribution in [0.1, 0.15) is 30.5 Å². The van der Waals surface area contributed by atoms with Crippen molar-refractivity contribution in [1.82, 2.24) is 4.90 Å². The average molecular weight is 369 g/mol. The highest BCUT2D eigenvalue weighted by molar-refractivity contribution is 5.92. The Labute approximate surface area is 160 Å². The molecule has 0 spiro atoms. The molecule has 2 aromatic carbocycles. The van der Waals surface area contributed by atoms with E-state index in [4.69, 9.17) is 15.2 Å². The second-order valence-electron chi connectivity index (χ2n) is 7.13. The highest BCUT2D eigenvalue weighted by atomic mass is 16.5. The van der Waals surface area contributed by atoms with E-state index in [1.54, 1.807) is 19.1 Å². The Kier molecular flexibility index (Phi) is 5.28. The molecule has 2 aromatic rings. The van der Waals surface area contributed by atoms with Gasteiger partial charge in [-0.3, -0.25) is 0 Å². The quantitative estimate of drug-likeness (QED) is 0.817. The van der Waals surface area contributed by atoms with Crippen LogP contribution in [0.3, 0.4) is 0 Å². The largest absolute Gasteiger partial charge is 0.497 e. The maximum atomic E-state index is 12.1. The van der Waals surface area contributed by atoms with Crippen LogP contribution in [-0.4, -0.2) is 31.7 Å². The molecule has 3 rings (SSSR count). The molecule has 1 aliphatic rings. The summed E-state index contributed by atoms with van der Waals surface area (Å²) in [4.78, 5) is 13.9. The molecule has 1 heterocycles. The topological polar surface area (TPSA) is 76.8 Å². The summed E-state index contributed by atoms with van der Waals surface area (Å²) >= 11 is 0. The molecular weight excluding hydrogens is 342 g/mol. The van der Waals surface area contributed by atoms with Gasteiger partial charge in [0, 0.05) is 30.4 Å².